The maximum absolute atomic E-state index is 12.7. The zero-order valence-corrected chi connectivity index (χ0v) is 15.3. The fourth-order valence-corrected chi connectivity index (χ4v) is 2.63. The number of carbonyl (C=O) groups is 2. The van der Waals surface area contributed by atoms with Gasteiger partial charge in [0.15, 0.2) is 6.10 Å². The molecule has 2 N–H and O–H groups in total. The molecule has 0 heterocycles. The van der Waals surface area contributed by atoms with Crippen LogP contribution in [0.3, 0.4) is 0 Å². The highest BCUT2D eigenvalue weighted by molar-refractivity contribution is 7.98. The van der Waals surface area contributed by atoms with Crippen LogP contribution < -0.4 is 10.8 Å². The average Bonchev–Trinajstić information content (AvgIpc) is 2.65. The van der Waals surface area contributed by atoms with Gasteiger partial charge in [-0.1, -0.05) is 18.2 Å². The zero-order valence-electron chi connectivity index (χ0n) is 14.5. The first-order valence-corrected chi connectivity index (χ1v) is 9.02. The van der Waals surface area contributed by atoms with Crippen molar-refractivity contribution < 1.29 is 27.6 Å². The molecule has 2 aromatic rings. The largest absolute Gasteiger partial charge is 0.416 e. The first-order chi connectivity index (χ1) is 12.7. The van der Waals surface area contributed by atoms with E-state index in [1.165, 1.54) is 24.8 Å². The van der Waals surface area contributed by atoms with Crippen LogP contribution >= 0.6 is 11.8 Å². The van der Waals surface area contributed by atoms with Gasteiger partial charge >= 0.3 is 6.18 Å². The van der Waals surface area contributed by atoms with Crippen LogP contribution in [0, 0.1) is 0 Å². The molecule has 1 unspecified atom stereocenters. The summed E-state index contributed by atoms with van der Waals surface area (Å²) in [5.74, 6) is -1.40. The fourth-order valence-electron chi connectivity index (χ4n) is 2.07. The summed E-state index contributed by atoms with van der Waals surface area (Å²) in [5, 5.41) is 2.67. The third-order valence-electron chi connectivity index (χ3n) is 3.51. The lowest BCUT2D eigenvalue weighted by Crippen LogP contribution is -2.35. The summed E-state index contributed by atoms with van der Waals surface area (Å²) in [4.78, 5) is 30.0. The molecular weight excluding hydrogens is 381 g/mol. The Balaban J connectivity index is 1.95. The summed E-state index contributed by atoms with van der Waals surface area (Å²) in [7, 11) is 0. The number of thioether (sulfide) groups is 1. The summed E-state index contributed by atoms with van der Waals surface area (Å²) in [5.41, 5.74) is 1.41. The van der Waals surface area contributed by atoms with E-state index in [0.29, 0.717) is 11.8 Å². The second-order valence-corrected chi connectivity index (χ2v) is 6.31. The van der Waals surface area contributed by atoms with Crippen molar-refractivity contribution in [3.63, 3.8) is 0 Å². The van der Waals surface area contributed by atoms with Crippen LogP contribution in [0.5, 0.6) is 0 Å². The molecule has 2 amide bonds. The molecule has 5 nitrogen and oxygen atoms in total. The van der Waals surface area contributed by atoms with Gasteiger partial charge in [-0.2, -0.15) is 13.2 Å². The summed E-state index contributed by atoms with van der Waals surface area (Å²) in [6, 6.07) is 11.0. The van der Waals surface area contributed by atoms with E-state index in [1.807, 2.05) is 23.9 Å². The highest BCUT2D eigenvalue weighted by Gasteiger charge is 2.31. The number of amides is 2. The molecule has 0 bridgehead atoms. The third kappa shape index (κ3) is 5.73. The Labute approximate surface area is 158 Å². The summed E-state index contributed by atoms with van der Waals surface area (Å²) in [6.07, 6.45) is -3.76. The molecule has 2 aromatic carbocycles. The van der Waals surface area contributed by atoms with Crippen LogP contribution in [0.1, 0.15) is 22.8 Å². The van der Waals surface area contributed by atoms with Crippen LogP contribution in [0.2, 0.25) is 0 Å². The number of benzene rings is 2. The van der Waals surface area contributed by atoms with Crippen molar-refractivity contribution in [2.24, 2.45) is 0 Å². The molecular formula is C18H17F3N2O3S. The fraction of sp³-hybridized carbons (Fsp3) is 0.222. The average molecular weight is 398 g/mol. The van der Waals surface area contributed by atoms with Gasteiger partial charge in [-0.15, -0.1) is 11.8 Å². The predicted octanol–water partition coefficient (Wildman–Crippen LogP) is 4.12. The van der Waals surface area contributed by atoms with Crippen molar-refractivity contribution in [3.05, 3.63) is 59.7 Å². The Hall–Kier alpha value is -2.52. The molecule has 1 atom stereocenters. The first-order valence-electron chi connectivity index (χ1n) is 7.79. The molecule has 9 heteroatoms. The lowest BCUT2D eigenvalue weighted by atomic mass is 10.1. The molecule has 0 spiro atoms. The molecule has 0 aliphatic rings. The summed E-state index contributed by atoms with van der Waals surface area (Å²) < 4.78 is 38.1. The van der Waals surface area contributed by atoms with Crippen LogP contribution in [0.15, 0.2) is 53.4 Å². The molecule has 0 aromatic heterocycles. The zero-order chi connectivity index (χ0) is 20.0. The van der Waals surface area contributed by atoms with E-state index in [9.17, 15) is 22.8 Å². The predicted molar refractivity (Wildman–Crippen MR) is 96.3 cm³/mol. The van der Waals surface area contributed by atoms with E-state index >= 15 is 0 Å². The Morgan fingerprint density at radius 1 is 1.11 bits per heavy atom. The summed E-state index contributed by atoms with van der Waals surface area (Å²) >= 11 is 1.45. The highest BCUT2D eigenvalue weighted by atomic mass is 32.2. The van der Waals surface area contributed by atoms with Gasteiger partial charge in [0, 0.05) is 10.5 Å². The smallest absolute Gasteiger partial charge is 0.323 e. The minimum atomic E-state index is -4.56. The Kier molecular flexibility index (Phi) is 6.86. The molecule has 0 radical (unpaired) electrons. The van der Waals surface area contributed by atoms with Crippen molar-refractivity contribution in [2.75, 3.05) is 11.6 Å². The van der Waals surface area contributed by atoms with Crippen molar-refractivity contribution in [3.8, 4) is 0 Å². The van der Waals surface area contributed by atoms with Gasteiger partial charge < -0.3 is 5.32 Å². The van der Waals surface area contributed by atoms with Gasteiger partial charge in [-0.05, 0) is 43.5 Å². The number of halogens is 3. The molecule has 2 rings (SSSR count). The van der Waals surface area contributed by atoms with E-state index < -0.39 is 29.7 Å². The van der Waals surface area contributed by atoms with Crippen LogP contribution in [-0.2, 0) is 15.8 Å². The number of para-hydroxylation sites is 1. The monoisotopic (exact) mass is 398 g/mol. The molecule has 0 saturated heterocycles. The standard InChI is InChI=1S/C18H17F3N2O3S/c1-11(16(24)22-14-8-3-4-9-15(14)27-2)26-23-17(25)12-6-5-7-13(10-12)18(19,20)21/h3-11H,1-2H3,(H,22,24)(H,23,25). The maximum Gasteiger partial charge on any atom is 0.416 e. The van der Waals surface area contributed by atoms with E-state index in [2.05, 4.69) is 5.32 Å². The van der Waals surface area contributed by atoms with Gasteiger partial charge in [0.2, 0.25) is 0 Å². The van der Waals surface area contributed by atoms with Gasteiger partial charge in [0.25, 0.3) is 11.8 Å². The quantitative estimate of drug-likeness (QED) is 0.568. The molecule has 0 aliphatic heterocycles. The number of hydrogen-bond acceptors (Lipinski definition) is 4. The minimum absolute atomic E-state index is 0.231. The van der Waals surface area contributed by atoms with E-state index in [-0.39, 0.29) is 5.56 Å². The Bertz CT molecular complexity index is 827. The molecule has 27 heavy (non-hydrogen) atoms. The number of nitrogens with one attached hydrogen (secondary N) is 2. The summed E-state index contributed by atoms with van der Waals surface area (Å²) in [6.45, 7) is 1.41. The number of hydrogen-bond donors (Lipinski definition) is 2. The number of alkyl halides is 3. The van der Waals surface area contributed by atoms with E-state index in [1.54, 1.807) is 12.1 Å². The van der Waals surface area contributed by atoms with Crippen molar-refractivity contribution in [1.29, 1.82) is 0 Å². The second kappa shape index (κ2) is 8.92. The van der Waals surface area contributed by atoms with Crippen molar-refractivity contribution in [2.45, 2.75) is 24.1 Å². The first kappa shape index (κ1) is 20.8. The normalized spacial score (nSPS) is 12.3. The number of carbonyl (C=O) groups excluding carboxylic acids is 2. The molecule has 144 valence electrons. The van der Waals surface area contributed by atoms with Gasteiger partial charge in [-0.3, -0.25) is 14.4 Å². The van der Waals surface area contributed by atoms with Gasteiger partial charge in [0.05, 0.1) is 11.3 Å². The molecule has 0 fully saturated rings. The van der Waals surface area contributed by atoms with Gasteiger partial charge in [0.1, 0.15) is 0 Å². The Morgan fingerprint density at radius 3 is 2.48 bits per heavy atom. The van der Waals surface area contributed by atoms with E-state index in [0.717, 1.165) is 17.0 Å². The number of anilines is 1. The van der Waals surface area contributed by atoms with Gasteiger partial charge in [-0.25, -0.2) is 5.48 Å². The second-order valence-electron chi connectivity index (χ2n) is 5.46. The lowest BCUT2D eigenvalue weighted by Gasteiger charge is -2.15. The number of rotatable bonds is 6. The van der Waals surface area contributed by atoms with Crippen LogP contribution in [0.4, 0.5) is 18.9 Å². The van der Waals surface area contributed by atoms with Crippen LogP contribution in [0.25, 0.3) is 0 Å². The maximum atomic E-state index is 12.7. The van der Waals surface area contributed by atoms with Crippen molar-refractivity contribution >= 4 is 29.3 Å². The molecule has 0 saturated carbocycles. The number of hydroxylamine groups is 1. The topological polar surface area (TPSA) is 67.4 Å². The highest BCUT2D eigenvalue weighted by Crippen LogP contribution is 2.29. The Morgan fingerprint density at radius 2 is 1.81 bits per heavy atom. The van der Waals surface area contributed by atoms with E-state index in [4.69, 9.17) is 4.84 Å². The van der Waals surface area contributed by atoms with Crippen LogP contribution in [-0.4, -0.2) is 24.2 Å². The third-order valence-corrected chi connectivity index (χ3v) is 4.31. The molecule has 0 aliphatic carbocycles. The SMILES string of the molecule is CSc1ccccc1NC(=O)C(C)ONC(=O)c1cccc(C(F)(F)F)c1. The van der Waals surface area contributed by atoms with Crippen molar-refractivity contribution in [1.82, 2.24) is 5.48 Å². The minimum Gasteiger partial charge on any atom is -0.323 e. The lowest BCUT2D eigenvalue weighted by molar-refractivity contribution is -0.137.